The number of hydrogen-bond donors (Lipinski definition) is 2. The van der Waals surface area contributed by atoms with Crippen LogP contribution < -0.4 is 15.1 Å². The van der Waals surface area contributed by atoms with Gasteiger partial charge in [-0.1, -0.05) is 0 Å². The molecule has 2 aromatic heterocycles. The Labute approximate surface area is 233 Å². The van der Waals surface area contributed by atoms with Crippen molar-refractivity contribution in [3.05, 3.63) is 35.9 Å². The average molecular weight is 608 g/mol. The highest BCUT2D eigenvalue weighted by molar-refractivity contribution is 6.23. The van der Waals surface area contributed by atoms with E-state index < -0.39 is 67.9 Å². The monoisotopic (exact) mass is 608 g/mol. The number of pyridine rings is 1. The average Bonchev–Trinajstić information content (AvgIpc) is 3.12. The predicted molar refractivity (Wildman–Crippen MR) is 133 cm³/mol. The van der Waals surface area contributed by atoms with Gasteiger partial charge >= 0.3 is 18.4 Å². The van der Waals surface area contributed by atoms with Gasteiger partial charge in [-0.25, -0.2) is 33.4 Å². The fourth-order valence-corrected chi connectivity index (χ4v) is 4.92. The summed E-state index contributed by atoms with van der Waals surface area (Å²) in [6.07, 6.45) is -11.1. The molecule has 0 radical (unpaired) electrons. The van der Waals surface area contributed by atoms with Crippen molar-refractivity contribution < 1.29 is 44.7 Å². The van der Waals surface area contributed by atoms with Crippen LogP contribution in [0.1, 0.15) is 37.1 Å². The summed E-state index contributed by atoms with van der Waals surface area (Å²) in [5.74, 6) is -0.688. The summed E-state index contributed by atoms with van der Waals surface area (Å²) in [7, 11) is 0. The quantitative estimate of drug-likeness (QED) is 0.241. The van der Waals surface area contributed by atoms with E-state index in [1.165, 1.54) is 6.20 Å². The largest absolute Gasteiger partial charge is 0.433 e. The van der Waals surface area contributed by atoms with Crippen molar-refractivity contribution >= 4 is 35.5 Å². The molecular formula is C24H24F8N8O2. The number of urea groups is 1. The molecule has 0 aliphatic carbocycles. The second-order valence-electron chi connectivity index (χ2n) is 9.59. The highest BCUT2D eigenvalue weighted by Gasteiger charge is 2.58. The first-order valence-corrected chi connectivity index (χ1v) is 12.6. The van der Waals surface area contributed by atoms with E-state index in [-0.39, 0.29) is 48.9 Å². The van der Waals surface area contributed by atoms with Crippen molar-refractivity contribution in [2.45, 2.75) is 50.0 Å². The van der Waals surface area contributed by atoms with E-state index in [9.17, 15) is 44.7 Å². The third kappa shape index (κ3) is 6.35. The van der Waals surface area contributed by atoms with Crippen molar-refractivity contribution in [2.24, 2.45) is 0 Å². The summed E-state index contributed by atoms with van der Waals surface area (Å²) in [5, 5.41) is 9.81. The first kappa shape index (κ1) is 30.8. The number of amides is 3. The van der Waals surface area contributed by atoms with Crippen molar-refractivity contribution in [3.8, 4) is 0 Å². The Hall–Kier alpha value is -4.12. The molecule has 0 saturated carbocycles. The fourth-order valence-electron chi connectivity index (χ4n) is 4.92. The minimum atomic E-state index is -4.77. The van der Waals surface area contributed by atoms with E-state index in [0.29, 0.717) is 17.2 Å². The summed E-state index contributed by atoms with van der Waals surface area (Å²) >= 11 is 0. The highest BCUT2D eigenvalue weighted by Crippen LogP contribution is 2.41. The molecule has 0 bridgehead atoms. The molecule has 10 nitrogen and oxygen atoms in total. The van der Waals surface area contributed by atoms with Gasteiger partial charge in [-0.2, -0.15) is 26.3 Å². The lowest BCUT2D eigenvalue weighted by molar-refractivity contribution is -0.141. The van der Waals surface area contributed by atoms with Gasteiger partial charge in [0, 0.05) is 32.3 Å². The molecular weight excluding hydrogens is 584 g/mol. The van der Waals surface area contributed by atoms with Crippen LogP contribution in [0.3, 0.4) is 0 Å². The fraction of sp³-hybridized carbons (Fsp3) is 0.500. The zero-order valence-electron chi connectivity index (χ0n) is 21.6. The maximum Gasteiger partial charge on any atom is 0.433 e. The lowest BCUT2D eigenvalue weighted by atomic mass is 9.85. The van der Waals surface area contributed by atoms with Gasteiger partial charge in [0.25, 0.3) is 12.3 Å². The second kappa shape index (κ2) is 11.6. The third-order valence-corrected chi connectivity index (χ3v) is 6.94. The Bertz CT molecular complexity index is 1310. The Balaban J connectivity index is 1.60. The van der Waals surface area contributed by atoms with E-state index in [1.807, 2.05) is 0 Å². The smallest absolute Gasteiger partial charge is 0.362 e. The van der Waals surface area contributed by atoms with Crippen LogP contribution in [0.4, 0.5) is 57.2 Å². The van der Waals surface area contributed by atoms with Gasteiger partial charge in [-0.05, 0) is 31.4 Å². The molecule has 0 unspecified atom stereocenters. The molecule has 3 amide bonds. The molecule has 4 rings (SSSR count). The van der Waals surface area contributed by atoms with Crippen LogP contribution in [0.25, 0.3) is 0 Å². The number of alkyl halides is 8. The Morgan fingerprint density at radius 3 is 2.29 bits per heavy atom. The van der Waals surface area contributed by atoms with Crippen molar-refractivity contribution in [3.63, 3.8) is 0 Å². The number of hydrogen-bond acceptors (Lipinski definition) is 8. The minimum absolute atomic E-state index is 0.001000. The van der Waals surface area contributed by atoms with E-state index in [1.54, 1.807) is 4.90 Å². The van der Waals surface area contributed by atoms with E-state index >= 15 is 0 Å². The lowest BCUT2D eigenvalue weighted by Crippen LogP contribution is -2.57. The molecule has 2 N–H and O–H groups in total. The Morgan fingerprint density at radius 1 is 1.05 bits per heavy atom. The standard InChI is InChI=1S/C24H24F8N8O2/c25-17(26)12-36-19-15(10-33)34-13-18(37-19)38-8-5-22(6-9-38)20(41)40(14-2-3-16(35-11-14)24(30,31)32)21(42)39(22)7-1-4-23(27,28)29/h2-3,10-11,13,17,33H,1,4-9,12H2,(H,36,37). The molecule has 18 heteroatoms. The molecule has 2 aromatic rings. The maximum atomic E-state index is 13.7. The first-order chi connectivity index (χ1) is 19.7. The molecule has 2 aliphatic rings. The number of anilines is 3. The zero-order valence-corrected chi connectivity index (χ0v) is 21.6. The molecule has 228 valence electrons. The summed E-state index contributed by atoms with van der Waals surface area (Å²) in [5.41, 5.74) is -3.11. The van der Waals surface area contributed by atoms with Crippen LogP contribution in [0.2, 0.25) is 0 Å². The van der Waals surface area contributed by atoms with Crippen LogP contribution in [-0.2, 0) is 11.0 Å². The van der Waals surface area contributed by atoms with Gasteiger partial charge in [0.15, 0.2) is 5.82 Å². The zero-order chi connectivity index (χ0) is 30.9. The molecule has 2 fully saturated rings. The lowest BCUT2D eigenvalue weighted by Gasteiger charge is -2.42. The number of nitrogens with zero attached hydrogens (tertiary/aromatic N) is 6. The Morgan fingerprint density at radius 2 is 1.74 bits per heavy atom. The molecule has 2 aliphatic heterocycles. The number of aromatic nitrogens is 3. The number of nitrogens with one attached hydrogen (secondary N) is 2. The van der Waals surface area contributed by atoms with Crippen molar-refractivity contribution in [1.29, 1.82) is 5.41 Å². The number of rotatable bonds is 9. The van der Waals surface area contributed by atoms with E-state index in [0.717, 1.165) is 17.2 Å². The number of imide groups is 1. The topological polar surface area (TPSA) is 118 Å². The molecule has 1 spiro atoms. The van der Waals surface area contributed by atoms with Gasteiger partial charge < -0.3 is 20.5 Å². The molecule has 0 atom stereocenters. The van der Waals surface area contributed by atoms with E-state index in [4.69, 9.17) is 5.41 Å². The summed E-state index contributed by atoms with van der Waals surface area (Å²) in [6.45, 7) is -1.11. The predicted octanol–water partition coefficient (Wildman–Crippen LogP) is 4.72. The molecule has 4 heterocycles. The highest BCUT2D eigenvalue weighted by atomic mass is 19.4. The minimum Gasteiger partial charge on any atom is -0.362 e. The van der Waals surface area contributed by atoms with Gasteiger partial charge in [0.05, 0.1) is 24.6 Å². The number of halogens is 8. The van der Waals surface area contributed by atoms with Crippen molar-refractivity contribution in [1.82, 2.24) is 19.9 Å². The number of carbonyl (C=O) groups is 2. The second-order valence-corrected chi connectivity index (χ2v) is 9.59. The van der Waals surface area contributed by atoms with Crippen molar-refractivity contribution in [2.75, 3.05) is 41.3 Å². The number of piperidine rings is 1. The maximum absolute atomic E-state index is 13.7. The number of carbonyl (C=O) groups excluding carboxylic acids is 2. The van der Waals surface area contributed by atoms with Crippen LogP contribution in [-0.4, -0.2) is 82.3 Å². The van der Waals surface area contributed by atoms with Crippen LogP contribution in [0.15, 0.2) is 24.5 Å². The molecule has 42 heavy (non-hydrogen) atoms. The van der Waals surface area contributed by atoms with Crippen LogP contribution in [0, 0.1) is 5.41 Å². The molecule has 0 aromatic carbocycles. The molecule has 2 saturated heterocycles. The SMILES string of the molecule is N=Cc1ncc(N2CCC3(CC2)C(=O)N(c2ccc(C(F)(F)F)nc2)C(=O)N3CCCC(F)(F)F)nc1NCC(F)F. The normalized spacial score (nSPS) is 17.5. The van der Waals surface area contributed by atoms with Gasteiger partial charge in [0.2, 0.25) is 0 Å². The first-order valence-electron chi connectivity index (χ1n) is 12.6. The third-order valence-electron chi connectivity index (χ3n) is 6.94. The summed E-state index contributed by atoms with van der Waals surface area (Å²) < 4.78 is 103. The van der Waals surface area contributed by atoms with Gasteiger partial charge in [-0.3, -0.25) is 4.79 Å². The van der Waals surface area contributed by atoms with Crippen LogP contribution in [0.5, 0.6) is 0 Å². The van der Waals surface area contributed by atoms with Crippen LogP contribution >= 0.6 is 0 Å². The summed E-state index contributed by atoms with van der Waals surface area (Å²) in [4.78, 5) is 41.9. The Kier molecular flexibility index (Phi) is 8.54. The summed E-state index contributed by atoms with van der Waals surface area (Å²) in [6, 6.07) is 0.501. The van der Waals surface area contributed by atoms with E-state index in [2.05, 4.69) is 20.3 Å². The van der Waals surface area contributed by atoms with Gasteiger partial charge in [-0.15, -0.1) is 0 Å². The van der Waals surface area contributed by atoms with Gasteiger partial charge in [0.1, 0.15) is 22.7 Å².